The van der Waals surface area contributed by atoms with Gasteiger partial charge in [0.1, 0.15) is 0 Å². The highest BCUT2D eigenvalue weighted by Crippen LogP contribution is 2.42. The molecule has 0 aliphatic heterocycles. The Kier molecular flexibility index (Phi) is 7.59. The smallest absolute Gasteiger partial charge is 0.0788 e. The minimum Gasteiger partial charge on any atom is -0.310 e. The van der Waals surface area contributed by atoms with Crippen LogP contribution in [0.2, 0.25) is 0 Å². The van der Waals surface area contributed by atoms with Crippen molar-refractivity contribution in [2.75, 3.05) is 4.90 Å². The van der Waals surface area contributed by atoms with E-state index in [4.69, 9.17) is 4.98 Å². The largest absolute Gasteiger partial charge is 0.310 e. The van der Waals surface area contributed by atoms with Gasteiger partial charge < -0.3 is 4.90 Å². The van der Waals surface area contributed by atoms with E-state index in [9.17, 15) is 0 Å². The highest BCUT2D eigenvalue weighted by Gasteiger charge is 2.18. The number of fused-ring (bicyclic) bond motifs is 1. The molecule has 0 aliphatic rings. The highest BCUT2D eigenvalue weighted by atomic mass is 15.1. The number of benzene rings is 7. The predicted octanol–water partition coefficient (Wildman–Crippen LogP) is 12.4. The maximum atomic E-state index is 5.14. The van der Waals surface area contributed by atoms with E-state index in [1.165, 1.54) is 22.3 Å². The summed E-state index contributed by atoms with van der Waals surface area (Å²) in [6.45, 7) is 0. The summed E-state index contributed by atoms with van der Waals surface area (Å²) >= 11 is 0. The van der Waals surface area contributed by atoms with Gasteiger partial charge in [-0.05, 0) is 64.7 Å². The molecule has 222 valence electrons. The second-order valence-corrected chi connectivity index (χ2v) is 11.6. The minimum absolute atomic E-state index is 0.986. The fourth-order valence-electron chi connectivity index (χ4n) is 6.33. The van der Waals surface area contributed by atoms with Gasteiger partial charge in [-0.25, -0.2) is 4.98 Å². The number of para-hydroxylation sites is 2. The standard InChI is InChI=1S/C45H32N2/c1-4-14-33(15-5-1)34-24-28-39(29-25-34)47(44-23-13-11-21-41(44)35-16-6-2-7-17-35)40-30-26-36(27-31-40)42-32-38-20-10-12-22-43(38)46-45(42)37-18-8-3-9-19-37/h1-32H. The highest BCUT2D eigenvalue weighted by molar-refractivity contribution is 5.93. The lowest BCUT2D eigenvalue weighted by Gasteiger charge is -2.28. The third-order valence-electron chi connectivity index (χ3n) is 8.67. The summed E-state index contributed by atoms with van der Waals surface area (Å²) in [6, 6.07) is 68.7. The molecule has 0 amide bonds. The van der Waals surface area contributed by atoms with Crippen LogP contribution in [0.4, 0.5) is 17.1 Å². The van der Waals surface area contributed by atoms with E-state index in [-0.39, 0.29) is 0 Å². The molecule has 8 rings (SSSR count). The normalized spacial score (nSPS) is 11.0. The van der Waals surface area contributed by atoms with Crippen LogP contribution >= 0.6 is 0 Å². The molecule has 1 heterocycles. The molecule has 0 spiro atoms. The van der Waals surface area contributed by atoms with Crippen LogP contribution in [0.3, 0.4) is 0 Å². The van der Waals surface area contributed by atoms with Crippen molar-refractivity contribution in [3.8, 4) is 44.6 Å². The summed E-state index contributed by atoms with van der Waals surface area (Å²) in [7, 11) is 0. The Hall–Kier alpha value is -6.25. The third-order valence-corrected chi connectivity index (χ3v) is 8.67. The Balaban J connectivity index is 1.26. The van der Waals surface area contributed by atoms with Crippen LogP contribution in [-0.4, -0.2) is 4.98 Å². The van der Waals surface area contributed by atoms with Crippen LogP contribution in [0.25, 0.3) is 55.5 Å². The van der Waals surface area contributed by atoms with Gasteiger partial charge >= 0.3 is 0 Å². The number of nitrogens with zero attached hydrogens (tertiary/aromatic N) is 2. The second kappa shape index (κ2) is 12.6. The molecule has 7 aromatic carbocycles. The van der Waals surface area contributed by atoms with Gasteiger partial charge in [-0.15, -0.1) is 0 Å². The molecule has 0 radical (unpaired) electrons. The summed E-state index contributed by atoms with van der Waals surface area (Å²) in [6.07, 6.45) is 0. The molecule has 0 atom stereocenters. The van der Waals surface area contributed by atoms with Crippen LogP contribution in [0.15, 0.2) is 194 Å². The van der Waals surface area contributed by atoms with Gasteiger partial charge in [0.25, 0.3) is 0 Å². The van der Waals surface area contributed by atoms with Gasteiger partial charge in [0.05, 0.1) is 16.9 Å². The zero-order valence-electron chi connectivity index (χ0n) is 25.9. The zero-order chi connectivity index (χ0) is 31.4. The minimum atomic E-state index is 0.986. The first-order valence-corrected chi connectivity index (χ1v) is 16.0. The van der Waals surface area contributed by atoms with Crippen molar-refractivity contribution < 1.29 is 0 Å². The lowest BCUT2D eigenvalue weighted by atomic mass is 9.96. The summed E-state index contributed by atoms with van der Waals surface area (Å²) < 4.78 is 0. The number of hydrogen-bond donors (Lipinski definition) is 0. The Labute approximate surface area is 275 Å². The first kappa shape index (κ1) is 28.2. The maximum Gasteiger partial charge on any atom is 0.0788 e. The third kappa shape index (κ3) is 5.69. The van der Waals surface area contributed by atoms with Gasteiger partial charge in [0.2, 0.25) is 0 Å². The van der Waals surface area contributed by atoms with E-state index in [0.717, 1.165) is 50.3 Å². The summed E-state index contributed by atoms with van der Waals surface area (Å²) in [4.78, 5) is 7.50. The quantitative estimate of drug-likeness (QED) is 0.181. The molecule has 1 aromatic heterocycles. The number of aromatic nitrogens is 1. The Morgan fingerprint density at radius 1 is 0.340 bits per heavy atom. The van der Waals surface area contributed by atoms with Gasteiger partial charge in [-0.3, -0.25) is 0 Å². The first-order valence-electron chi connectivity index (χ1n) is 16.0. The molecular formula is C45H32N2. The van der Waals surface area contributed by atoms with Crippen LogP contribution in [0.5, 0.6) is 0 Å². The van der Waals surface area contributed by atoms with Gasteiger partial charge in [0, 0.05) is 33.5 Å². The zero-order valence-corrected chi connectivity index (χ0v) is 25.9. The average molecular weight is 601 g/mol. The number of anilines is 3. The molecule has 47 heavy (non-hydrogen) atoms. The number of pyridine rings is 1. The SMILES string of the molecule is c1ccc(-c2ccc(N(c3ccc(-c4cc5ccccc5nc4-c4ccccc4)cc3)c3ccccc3-c3ccccc3)cc2)cc1. The number of hydrogen-bond acceptors (Lipinski definition) is 2. The van der Waals surface area contributed by atoms with Crippen molar-refractivity contribution >= 4 is 28.0 Å². The molecule has 0 saturated carbocycles. The molecule has 0 unspecified atom stereocenters. The van der Waals surface area contributed by atoms with Gasteiger partial charge in [-0.1, -0.05) is 152 Å². The molecule has 0 fully saturated rings. The van der Waals surface area contributed by atoms with E-state index >= 15 is 0 Å². The van der Waals surface area contributed by atoms with Gasteiger partial charge in [0.15, 0.2) is 0 Å². The Morgan fingerprint density at radius 2 is 0.809 bits per heavy atom. The summed E-state index contributed by atoms with van der Waals surface area (Å²) in [5.74, 6) is 0. The summed E-state index contributed by atoms with van der Waals surface area (Å²) in [5, 5.41) is 1.13. The topological polar surface area (TPSA) is 16.1 Å². The fourth-order valence-corrected chi connectivity index (χ4v) is 6.33. The molecule has 2 heteroatoms. The van der Waals surface area contributed by atoms with Crippen LogP contribution < -0.4 is 4.90 Å². The van der Waals surface area contributed by atoms with E-state index in [2.05, 4.69) is 187 Å². The Bertz CT molecular complexity index is 2260. The molecular weight excluding hydrogens is 569 g/mol. The average Bonchev–Trinajstić information content (AvgIpc) is 3.16. The molecule has 0 bridgehead atoms. The van der Waals surface area contributed by atoms with Crippen molar-refractivity contribution in [1.82, 2.24) is 4.98 Å². The van der Waals surface area contributed by atoms with Gasteiger partial charge in [-0.2, -0.15) is 0 Å². The Morgan fingerprint density at radius 3 is 1.47 bits per heavy atom. The lowest BCUT2D eigenvalue weighted by molar-refractivity contribution is 1.28. The van der Waals surface area contributed by atoms with Crippen molar-refractivity contribution in [3.05, 3.63) is 194 Å². The van der Waals surface area contributed by atoms with Crippen molar-refractivity contribution in [2.45, 2.75) is 0 Å². The molecule has 8 aromatic rings. The fraction of sp³-hybridized carbons (Fsp3) is 0. The first-order chi connectivity index (χ1) is 23.3. The van der Waals surface area contributed by atoms with E-state index in [1.807, 2.05) is 12.1 Å². The van der Waals surface area contributed by atoms with Crippen molar-refractivity contribution in [3.63, 3.8) is 0 Å². The number of rotatable bonds is 7. The van der Waals surface area contributed by atoms with Crippen LogP contribution in [0.1, 0.15) is 0 Å². The lowest BCUT2D eigenvalue weighted by Crippen LogP contribution is -2.11. The molecule has 0 saturated heterocycles. The monoisotopic (exact) mass is 600 g/mol. The molecule has 0 N–H and O–H groups in total. The summed E-state index contributed by atoms with van der Waals surface area (Å²) in [5.41, 5.74) is 13.4. The van der Waals surface area contributed by atoms with Crippen LogP contribution in [-0.2, 0) is 0 Å². The molecule has 0 aliphatic carbocycles. The van der Waals surface area contributed by atoms with E-state index in [1.54, 1.807) is 0 Å². The van der Waals surface area contributed by atoms with Crippen molar-refractivity contribution in [2.24, 2.45) is 0 Å². The second-order valence-electron chi connectivity index (χ2n) is 11.6. The van der Waals surface area contributed by atoms with E-state index in [0.29, 0.717) is 0 Å². The van der Waals surface area contributed by atoms with Crippen LogP contribution in [0, 0.1) is 0 Å². The molecule has 2 nitrogen and oxygen atoms in total. The predicted molar refractivity (Wildman–Crippen MR) is 198 cm³/mol. The van der Waals surface area contributed by atoms with Crippen molar-refractivity contribution in [1.29, 1.82) is 0 Å². The van der Waals surface area contributed by atoms with E-state index < -0.39 is 0 Å². The maximum absolute atomic E-state index is 5.14.